The number of alkyl carbamates (subject to hydrolysis) is 1. The predicted octanol–water partition coefficient (Wildman–Crippen LogP) is 0.479. The van der Waals surface area contributed by atoms with Crippen LogP contribution in [0.4, 0.5) is 4.79 Å². The molecule has 2 rings (SSSR count). The van der Waals surface area contributed by atoms with Gasteiger partial charge in [-0.05, 0) is 38.0 Å². The standard InChI is InChI=1S/C15H25N3O4/c1-14(2,3)22-13(21)17-6-9(19)18-7-8-10(15(8,4)5)11(18)12(16)20/h8,10-11H,6-7H2,1-5H3,(H2,16,20)(H,17,21)/t8?,10?,11-/m0/s1. The van der Waals surface area contributed by atoms with Crippen LogP contribution >= 0.6 is 0 Å². The van der Waals surface area contributed by atoms with E-state index in [2.05, 4.69) is 19.2 Å². The van der Waals surface area contributed by atoms with Crippen molar-refractivity contribution in [1.29, 1.82) is 0 Å². The van der Waals surface area contributed by atoms with Gasteiger partial charge in [-0.2, -0.15) is 0 Å². The summed E-state index contributed by atoms with van der Waals surface area (Å²) in [5.74, 6) is -0.368. The van der Waals surface area contributed by atoms with Gasteiger partial charge in [0, 0.05) is 6.54 Å². The molecule has 7 nitrogen and oxygen atoms in total. The Balaban J connectivity index is 1.91. The van der Waals surface area contributed by atoms with Crippen LogP contribution in [-0.2, 0) is 14.3 Å². The molecular formula is C15H25N3O4. The number of ether oxygens (including phenoxy) is 1. The lowest BCUT2D eigenvalue weighted by Crippen LogP contribution is -2.51. The Bertz CT molecular complexity index is 509. The van der Waals surface area contributed by atoms with E-state index in [1.165, 1.54) is 4.90 Å². The van der Waals surface area contributed by atoms with Crippen LogP contribution in [0.3, 0.4) is 0 Å². The number of amides is 3. The minimum atomic E-state index is -0.652. The number of likely N-dealkylation sites (tertiary alicyclic amines) is 1. The summed E-state index contributed by atoms with van der Waals surface area (Å²) >= 11 is 0. The van der Waals surface area contributed by atoms with Crippen LogP contribution in [0, 0.1) is 17.3 Å². The Morgan fingerprint density at radius 3 is 2.41 bits per heavy atom. The van der Waals surface area contributed by atoms with Crippen molar-refractivity contribution in [3.8, 4) is 0 Å². The van der Waals surface area contributed by atoms with E-state index < -0.39 is 23.6 Å². The first-order valence-corrected chi connectivity index (χ1v) is 7.51. The molecule has 1 heterocycles. The van der Waals surface area contributed by atoms with Crippen molar-refractivity contribution in [3.63, 3.8) is 0 Å². The molecule has 3 atom stereocenters. The number of fused-ring (bicyclic) bond motifs is 1. The third-order valence-electron chi connectivity index (χ3n) is 4.60. The molecule has 1 aliphatic heterocycles. The molecule has 3 amide bonds. The molecule has 124 valence electrons. The first kappa shape index (κ1) is 16.6. The van der Waals surface area contributed by atoms with Crippen molar-refractivity contribution in [2.24, 2.45) is 23.0 Å². The highest BCUT2D eigenvalue weighted by atomic mass is 16.6. The van der Waals surface area contributed by atoms with Crippen LogP contribution < -0.4 is 11.1 Å². The number of carbonyl (C=O) groups is 3. The largest absolute Gasteiger partial charge is 0.444 e. The van der Waals surface area contributed by atoms with E-state index in [0.29, 0.717) is 12.5 Å². The van der Waals surface area contributed by atoms with Gasteiger partial charge in [-0.3, -0.25) is 9.59 Å². The molecule has 0 aromatic heterocycles. The molecule has 1 saturated heterocycles. The van der Waals surface area contributed by atoms with Crippen molar-refractivity contribution in [3.05, 3.63) is 0 Å². The molecule has 3 N–H and O–H groups in total. The fourth-order valence-electron chi connectivity index (χ4n) is 3.43. The van der Waals surface area contributed by atoms with Crippen LogP contribution in [0.1, 0.15) is 34.6 Å². The van der Waals surface area contributed by atoms with Gasteiger partial charge in [0.25, 0.3) is 0 Å². The van der Waals surface area contributed by atoms with Crippen LogP contribution in [-0.4, -0.2) is 47.5 Å². The Morgan fingerprint density at radius 1 is 1.32 bits per heavy atom. The van der Waals surface area contributed by atoms with Gasteiger partial charge >= 0.3 is 6.09 Å². The van der Waals surface area contributed by atoms with Gasteiger partial charge in [0.15, 0.2) is 0 Å². The monoisotopic (exact) mass is 311 g/mol. The van der Waals surface area contributed by atoms with E-state index in [1.807, 2.05) is 0 Å². The van der Waals surface area contributed by atoms with Gasteiger partial charge in [0.1, 0.15) is 18.2 Å². The minimum absolute atomic E-state index is 0.0507. The number of nitrogens with one attached hydrogen (secondary N) is 1. The summed E-state index contributed by atoms with van der Waals surface area (Å²) in [7, 11) is 0. The van der Waals surface area contributed by atoms with Crippen molar-refractivity contribution in [2.75, 3.05) is 13.1 Å². The SMILES string of the molecule is CC(C)(C)OC(=O)NCC(=O)N1CC2C([C@H]1C(N)=O)C2(C)C. The summed E-state index contributed by atoms with van der Waals surface area (Å²) in [4.78, 5) is 37.0. The zero-order chi connectivity index (χ0) is 16.9. The number of hydrogen-bond acceptors (Lipinski definition) is 4. The highest BCUT2D eigenvalue weighted by Gasteiger charge is 2.68. The zero-order valence-electron chi connectivity index (χ0n) is 13.8. The molecule has 22 heavy (non-hydrogen) atoms. The minimum Gasteiger partial charge on any atom is -0.444 e. The normalized spacial score (nSPS) is 28.8. The van der Waals surface area contributed by atoms with Gasteiger partial charge in [0.05, 0.1) is 0 Å². The summed E-state index contributed by atoms with van der Waals surface area (Å²) in [5, 5.41) is 2.42. The lowest BCUT2D eigenvalue weighted by Gasteiger charge is -2.29. The van der Waals surface area contributed by atoms with Gasteiger partial charge in [0.2, 0.25) is 11.8 Å². The molecule has 0 bridgehead atoms. The average molecular weight is 311 g/mol. The number of primary amides is 1. The molecular weight excluding hydrogens is 286 g/mol. The summed E-state index contributed by atoms with van der Waals surface area (Å²) in [5.41, 5.74) is 4.89. The second-order valence-electron chi connectivity index (χ2n) is 7.70. The average Bonchev–Trinajstić information content (AvgIpc) is 2.74. The molecule has 1 aliphatic carbocycles. The van der Waals surface area contributed by atoms with Gasteiger partial charge in [-0.15, -0.1) is 0 Å². The van der Waals surface area contributed by atoms with Crippen LogP contribution in [0.15, 0.2) is 0 Å². The van der Waals surface area contributed by atoms with Crippen LogP contribution in [0.25, 0.3) is 0 Å². The second-order valence-corrected chi connectivity index (χ2v) is 7.70. The Labute approximate surface area is 130 Å². The Kier molecular flexibility index (Phi) is 3.87. The zero-order valence-corrected chi connectivity index (χ0v) is 13.8. The number of rotatable bonds is 3. The predicted molar refractivity (Wildman–Crippen MR) is 79.7 cm³/mol. The second kappa shape index (κ2) is 5.14. The number of nitrogens with two attached hydrogens (primary N) is 1. The van der Waals surface area contributed by atoms with Gasteiger partial charge in [-0.1, -0.05) is 13.8 Å². The molecule has 2 fully saturated rings. The lowest BCUT2D eigenvalue weighted by molar-refractivity contribution is -0.138. The van der Waals surface area contributed by atoms with E-state index in [0.717, 1.165) is 0 Å². The maximum atomic E-state index is 12.3. The Hall–Kier alpha value is -1.79. The molecule has 0 aromatic carbocycles. The maximum absolute atomic E-state index is 12.3. The van der Waals surface area contributed by atoms with Crippen molar-refractivity contribution >= 4 is 17.9 Å². The van der Waals surface area contributed by atoms with Crippen molar-refractivity contribution in [1.82, 2.24) is 10.2 Å². The number of hydrogen-bond donors (Lipinski definition) is 2. The quantitative estimate of drug-likeness (QED) is 0.791. The number of nitrogens with zero attached hydrogens (tertiary/aromatic N) is 1. The molecule has 7 heteroatoms. The van der Waals surface area contributed by atoms with Gasteiger partial charge in [-0.25, -0.2) is 4.79 Å². The van der Waals surface area contributed by atoms with E-state index in [4.69, 9.17) is 10.5 Å². The fraction of sp³-hybridized carbons (Fsp3) is 0.800. The van der Waals surface area contributed by atoms with Crippen LogP contribution in [0.2, 0.25) is 0 Å². The fourth-order valence-corrected chi connectivity index (χ4v) is 3.43. The highest BCUT2D eigenvalue weighted by molar-refractivity contribution is 5.90. The maximum Gasteiger partial charge on any atom is 0.408 e. The molecule has 2 unspecified atom stereocenters. The first-order chi connectivity index (χ1) is 9.95. The third kappa shape index (κ3) is 3.03. The topological polar surface area (TPSA) is 102 Å². The molecule has 1 saturated carbocycles. The van der Waals surface area contributed by atoms with E-state index in [1.54, 1.807) is 20.8 Å². The first-order valence-electron chi connectivity index (χ1n) is 7.51. The van der Waals surface area contributed by atoms with Crippen LogP contribution in [0.5, 0.6) is 0 Å². The van der Waals surface area contributed by atoms with E-state index >= 15 is 0 Å². The molecule has 0 radical (unpaired) electrons. The van der Waals surface area contributed by atoms with E-state index in [9.17, 15) is 14.4 Å². The van der Waals surface area contributed by atoms with Crippen molar-refractivity contribution < 1.29 is 19.1 Å². The summed E-state index contributed by atoms with van der Waals surface area (Å²) in [6.07, 6.45) is -0.652. The molecule has 0 spiro atoms. The van der Waals surface area contributed by atoms with Crippen molar-refractivity contribution in [2.45, 2.75) is 46.3 Å². The van der Waals surface area contributed by atoms with E-state index in [-0.39, 0.29) is 23.8 Å². The van der Waals surface area contributed by atoms with Gasteiger partial charge < -0.3 is 20.7 Å². The lowest BCUT2D eigenvalue weighted by atomic mass is 10.0. The summed E-state index contributed by atoms with van der Waals surface area (Å²) < 4.78 is 5.08. The Morgan fingerprint density at radius 2 is 1.91 bits per heavy atom. The smallest absolute Gasteiger partial charge is 0.408 e. The third-order valence-corrected chi connectivity index (χ3v) is 4.60. The number of carbonyl (C=O) groups excluding carboxylic acids is 3. The molecule has 2 aliphatic rings. The summed E-state index contributed by atoms with van der Waals surface area (Å²) in [6, 6.07) is -0.576. The highest BCUT2D eigenvalue weighted by Crippen LogP contribution is 2.64. The number of piperidine rings is 1. The summed E-state index contributed by atoms with van der Waals surface area (Å²) in [6.45, 7) is 9.71. The molecule has 0 aromatic rings.